The van der Waals surface area contributed by atoms with Gasteiger partial charge in [0.05, 0.1) is 19.6 Å². The molecule has 31 heavy (non-hydrogen) atoms. The van der Waals surface area contributed by atoms with Gasteiger partial charge in [0.15, 0.2) is 5.96 Å². The summed E-state index contributed by atoms with van der Waals surface area (Å²) in [6.07, 6.45) is 3.27. The number of aromatic nitrogens is 3. The van der Waals surface area contributed by atoms with Crippen LogP contribution in [0, 0.1) is 6.92 Å². The number of hydrogen-bond acceptors (Lipinski definition) is 4. The maximum absolute atomic E-state index is 6.00. The number of aryl methyl sites for hydroxylation is 1. The summed E-state index contributed by atoms with van der Waals surface area (Å²) >= 11 is 0. The van der Waals surface area contributed by atoms with Crippen LogP contribution in [0.4, 0.5) is 0 Å². The maximum Gasteiger partial charge on any atom is 0.191 e. The summed E-state index contributed by atoms with van der Waals surface area (Å²) in [6, 6.07) is 16.5. The van der Waals surface area contributed by atoms with Gasteiger partial charge in [0.1, 0.15) is 24.0 Å². The number of halogens is 1. The van der Waals surface area contributed by atoms with Crippen molar-refractivity contribution in [1.82, 2.24) is 25.4 Å². The minimum atomic E-state index is 0. The first-order chi connectivity index (χ1) is 14.7. The highest BCUT2D eigenvalue weighted by atomic mass is 127. The molecule has 2 aromatic heterocycles. The molecule has 0 saturated carbocycles. The van der Waals surface area contributed by atoms with E-state index in [2.05, 4.69) is 64.9 Å². The molecular formula is C23H27IN6O. The van der Waals surface area contributed by atoms with Gasteiger partial charge in [0.25, 0.3) is 0 Å². The number of hydrogen-bond donors (Lipinski definition) is 2. The molecule has 0 unspecified atom stereocenters. The number of nitrogens with zero attached hydrogens (tertiary/aromatic N) is 4. The third-order valence-electron chi connectivity index (χ3n) is 4.93. The van der Waals surface area contributed by atoms with Crippen LogP contribution in [0.15, 0.2) is 70.6 Å². The van der Waals surface area contributed by atoms with Crippen LogP contribution in [0.2, 0.25) is 0 Å². The fourth-order valence-electron chi connectivity index (χ4n) is 3.40. The number of rotatable bonds is 7. The second-order valence-electron chi connectivity index (χ2n) is 7.11. The van der Waals surface area contributed by atoms with Crippen LogP contribution < -0.4 is 10.6 Å². The van der Waals surface area contributed by atoms with Crippen LogP contribution in [0.25, 0.3) is 11.0 Å². The zero-order valence-corrected chi connectivity index (χ0v) is 20.0. The highest BCUT2D eigenvalue weighted by Crippen LogP contribution is 2.24. The Kier molecular flexibility index (Phi) is 8.05. The van der Waals surface area contributed by atoms with Crippen molar-refractivity contribution in [3.05, 3.63) is 83.6 Å². The monoisotopic (exact) mass is 530 g/mol. The Labute approximate surface area is 199 Å². The lowest BCUT2D eigenvalue weighted by Gasteiger charge is -2.11. The average Bonchev–Trinajstić information content (AvgIpc) is 3.38. The van der Waals surface area contributed by atoms with Gasteiger partial charge in [-0.25, -0.2) is 14.7 Å². The second kappa shape index (κ2) is 10.9. The molecule has 2 heterocycles. The Balaban J connectivity index is 0.00000272. The molecule has 0 bridgehead atoms. The lowest BCUT2D eigenvalue weighted by molar-refractivity contribution is 0.534. The molecule has 0 spiro atoms. The van der Waals surface area contributed by atoms with Crippen LogP contribution in [-0.2, 0) is 19.6 Å². The third-order valence-corrected chi connectivity index (χ3v) is 4.93. The van der Waals surface area contributed by atoms with E-state index in [0.717, 1.165) is 40.4 Å². The van der Waals surface area contributed by atoms with Gasteiger partial charge in [-0.05, 0) is 31.0 Å². The molecule has 0 aliphatic heterocycles. The second-order valence-corrected chi connectivity index (χ2v) is 7.11. The lowest BCUT2D eigenvalue weighted by atomic mass is 10.1. The standard InChI is InChI=1S/C23H26N6O.HI/c1-3-25-23(27-13-22-17(2)20-9-4-5-10-21(20)30-22)26-12-18-7-6-8-19(11-18)14-29-16-24-15-28-29;/h4-11,15-16H,3,12-14H2,1-2H3,(H2,25,26,27);1H. The number of nitrogens with one attached hydrogen (secondary N) is 2. The molecule has 4 rings (SSSR count). The Bertz CT molecular complexity index is 1140. The van der Waals surface area contributed by atoms with Crippen molar-refractivity contribution in [3.63, 3.8) is 0 Å². The van der Waals surface area contributed by atoms with Crippen molar-refractivity contribution in [2.75, 3.05) is 6.54 Å². The van der Waals surface area contributed by atoms with Gasteiger partial charge in [0.2, 0.25) is 0 Å². The smallest absolute Gasteiger partial charge is 0.191 e. The molecule has 8 heteroatoms. The molecule has 0 aliphatic rings. The highest BCUT2D eigenvalue weighted by Gasteiger charge is 2.10. The van der Waals surface area contributed by atoms with E-state index >= 15 is 0 Å². The maximum atomic E-state index is 6.00. The molecule has 0 radical (unpaired) electrons. The molecule has 2 N–H and O–H groups in total. The molecule has 162 valence electrons. The van der Waals surface area contributed by atoms with E-state index in [0.29, 0.717) is 19.6 Å². The predicted molar refractivity (Wildman–Crippen MR) is 134 cm³/mol. The highest BCUT2D eigenvalue weighted by molar-refractivity contribution is 14.0. The Morgan fingerprint density at radius 3 is 2.71 bits per heavy atom. The molecule has 0 amide bonds. The SMILES string of the molecule is CCNC(=NCc1cccc(Cn2cncn2)c1)NCc1oc2ccccc2c1C.I. The number of furan rings is 1. The fraction of sp³-hybridized carbons (Fsp3) is 0.261. The molecule has 0 saturated heterocycles. The molecular weight excluding hydrogens is 503 g/mol. The van der Waals surface area contributed by atoms with Crippen molar-refractivity contribution >= 4 is 40.9 Å². The Morgan fingerprint density at radius 2 is 1.94 bits per heavy atom. The summed E-state index contributed by atoms with van der Waals surface area (Å²) < 4.78 is 7.81. The van der Waals surface area contributed by atoms with E-state index in [4.69, 9.17) is 9.41 Å². The van der Waals surface area contributed by atoms with Crippen LogP contribution in [0.3, 0.4) is 0 Å². The average molecular weight is 530 g/mol. The van der Waals surface area contributed by atoms with E-state index in [-0.39, 0.29) is 24.0 Å². The zero-order chi connectivity index (χ0) is 20.8. The van der Waals surface area contributed by atoms with E-state index in [1.54, 1.807) is 12.7 Å². The Morgan fingerprint density at radius 1 is 1.10 bits per heavy atom. The summed E-state index contributed by atoms with van der Waals surface area (Å²) in [5.74, 6) is 1.69. The fourth-order valence-corrected chi connectivity index (χ4v) is 3.40. The van der Waals surface area contributed by atoms with E-state index < -0.39 is 0 Å². The predicted octanol–water partition coefficient (Wildman–Crippen LogP) is 4.25. The van der Waals surface area contributed by atoms with Crippen LogP contribution >= 0.6 is 24.0 Å². The first kappa shape index (κ1) is 22.8. The minimum Gasteiger partial charge on any atom is -0.459 e. The van der Waals surface area contributed by atoms with Gasteiger partial charge in [-0.1, -0.05) is 42.5 Å². The van der Waals surface area contributed by atoms with Crippen molar-refractivity contribution in [2.24, 2.45) is 4.99 Å². The van der Waals surface area contributed by atoms with Gasteiger partial charge in [-0.2, -0.15) is 5.10 Å². The van der Waals surface area contributed by atoms with Crippen molar-refractivity contribution < 1.29 is 4.42 Å². The number of fused-ring (bicyclic) bond motifs is 1. The van der Waals surface area contributed by atoms with Crippen LogP contribution in [-0.4, -0.2) is 27.3 Å². The zero-order valence-electron chi connectivity index (χ0n) is 17.7. The molecule has 7 nitrogen and oxygen atoms in total. The number of aliphatic imine (C=N–C) groups is 1. The van der Waals surface area contributed by atoms with Crippen molar-refractivity contribution in [1.29, 1.82) is 0 Å². The topological polar surface area (TPSA) is 80.3 Å². The summed E-state index contributed by atoms with van der Waals surface area (Å²) in [4.78, 5) is 8.73. The van der Waals surface area contributed by atoms with E-state index in [9.17, 15) is 0 Å². The summed E-state index contributed by atoms with van der Waals surface area (Å²) in [5.41, 5.74) is 4.39. The molecule has 4 aromatic rings. The number of para-hydroxylation sites is 1. The first-order valence-corrected chi connectivity index (χ1v) is 10.1. The molecule has 2 aromatic carbocycles. The van der Waals surface area contributed by atoms with Crippen molar-refractivity contribution in [3.8, 4) is 0 Å². The van der Waals surface area contributed by atoms with Gasteiger partial charge >= 0.3 is 0 Å². The first-order valence-electron chi connectivity index (χ1n) is 10.1. The molecule has 0 aliphatic carbocycles. The quantitative estimate of drug-likeness (QED) is 0.212. The number of benzene rings is 2. The molecule has 0 atom stereocenters. The number of guanidine groups is 1. The van der Waals surface area contributed by atoms with Crippen LogP contribution in [0.5, 0.6) is 0 Å². The normalized spacial score (nSPS) is 11.4. The van der Waals surface area contributed by atoms with Gasteiger partial charge in [0, 0.05) is 17.5 Å². The minimum absolute atomic E-state index is 0. The van der Waals surface area contributed by atoms with Gasteiger partial charge in [-0.3, -0.25) is 0 Å². The lowest BCUT2D eigenvalue weighted by Crippen LogP contribution is -2.36. The third kappa shape index (κ3) is 5.84. The summed E-state index contributed by atoms with van der Waals surface area (Å²) in [7, 11) is 0. The van der Waals surface area contributed by atoms with E-state index in [1.807, 2.05) is 22.9 Å². The largest absolute Gasteiger partial charge is 0.459 e. The molecule has 0 fully saturated rings. The van der Waals surface area contributed by atoms with E-state index in [1.165, 1.54) is 5.56 Å². The van der Waals surface area contributed by atoms with Crippen LogP contribution in [0.1, 0.15) is 29.4 Å². The van der Waals surface area contributed by atoms with Gasteiger partial charge < -0.3 is 15.1 Å². The van der Waals surface area contributed by atoms with Gasteiger partial charge in [-0.15, -0.1) is 24.0 Å². The Hall–Kier alpha value is -2.88. The summed E-state index contributed by atoms with van der Waals surface area (Å²) in [5, 5.41) is 12.0. The summed E-state index contributed by atoms with van der Waals surface area (Å²) in [6.45, 7) is 6.80. The van der Waals surface area contributed by atoms with Crippen molar-refractivity contribution in [2.45, 2.75) is 33.5 Å².